The van der Waals surface area contributed by atoms with Gasteiger partial charge in [-0.05, 0) is 25.0 Å². The number of pyridine rings is 1. The maximum Gasteiger partial charge on any atom is 0.230 e. The molecule has 128 valence electrons. The van der Waals surface area contributed by atoms with Crippen molar-refractivity contribution in [1.82, 2.24) is 20.1 Å². The Morgan fingerprint density at radius 3 is 2.96 bits per heavy atom. The van der Waals surface area contributed by atoms with E-state index in [1.54, 1.807) is 19.4 Å². The molecule has 8 heteroatoms. The molecule has 4 rings (SSSR count). The van der Waals surface area contributed by atoms with E-state index in [4.69, 9.17) is 20.9 Å². The minimum atomic E-state index is 0.00753. The standard InChI is InChI=1S/C17H16ClN5O2/c1-24-16-10-15(18)20-17(21-16)23-8-4-6-13(23)14-9-12(22-25-14)11-5-2-3-7-19-11/h2-3,5,7,9-10,13H,4,6,8H2,1H3. The van der Waals surface area contributed by atoms with E-state index in [0.29, 0.717) is 22.7 Å². The molecule has 3 aromatic heterocycles. The largest absolute Gasteiger partial charge is 0.481 e. The van der Waals surface area contributed by atoms with E-state index >= 15 is 0 Å². The fourth-order valence-corrected chi connectivity index (χ4v) is 3.17. The van der Waals surface area contributed by atoms with Crippen LogP contribution < -0.4 is 9.64 Å². The van der Waals surface area contributed by atoms with Gasteiger partial charge >= 0.3 is 0 Å². The number of nitrogens with zero attached hydrogens (tertiary/aromatic N) is 5. The van der Waals surface area contributed by atoms with E-state index in [-0.39, 0.29) is 6.04 Å². The summed E-state index contributed by atoms with van der Waals surface area (Å²) >= 11 is 6.08. The van der Waals surface area contributed by atoms with Gasteiger partial charge in [-0.3, -0.25) is 4.98 Å². The van der Waals surface area contributed by atoms with Gasteiger partial charge in [0, 0.05) is 24.9 Å². The Balaban J connectivity index is 1.64. The number of hydrogen-bond acceptors (Lipinski definition) is 7. The van der Waals surface area contributed by atoms with Gasteiger partial charge in [0.15, 0.2) is 5.76 Å². The summed E-state index contributed by atoms with van der Waals surface area (Å²) in [5.41, 5.74) is 1.50. The van der Waals surface area contributed by atoms with Crippen molar-refractivity contribution in [2.75, 3.05) is 18.6 Å². The predicted octanol–water partition coefficient (Wildman–Crippen LogP) is 3.53. The van der Waals surface area contributed by atoms with Crippen LogP contribution in [0.4, 0.5) is 5.95 Å². The topological polar surface area (TPSA) is 77.2 Å². The van der Waals surface area contributed by atoms with Crippen molar-refractivity contribution in [2.45, 2.75) is 18.9 Å². The average molecular weight is 358 g/mol. The van der Waals surface area contributed by atoms with Crippen LogP contribution in [0.3, 0.4) is 0 Å². The highest BCUT2D eigenvalue weighted by Gasteiger charge is 2.32. The Bertz CT molecular complexity index is 870. The van der Waals surface area contributed by atoms with Crippen LogP contribution in [0, 0.1) is 0 Å². The normalized spacial score (nSPS) is 17.0. The highest BCUT2D eigenvalue weighted by Crippen LogP contribution is 2.36. The Morgan fingerprint density at radius 2 is 2.16 bits per heavy atom. The Labute approximate surface area is 149 Å². The maximum atomic E-state index is 6.08. The van der Waals surface area contributed by atoms with Gasteiger partial charge in [0.1, 0.15) is 10.8 Å². The summed E-state index contributed by atoms with van der Waals surface area (Å²) < 4.78 is 10.8. The smallest absolute Gasteiger partial charge is 0.230 e. The molecule has 1 atom stereocenters. The first-order chi connectivity index (χ1) is 12.2. The van der Waals surface area contributed by atoms with Crippen molar-refractivity contribution in [3.8, 4) is 17.3 Å². The monoisotopic (exact) mass is 357 g/mol. The zero-order valence-corrected chi connectivity index (χ0v) is 14.3. The van der Waals surface area contributed by atoms with Gasteiger partial charge in [-0.15, -0.1) is 0 Å². The van der Waals surface area contributed by atoms with E-state index in [1.165, 1.54) is 0 Å². The number of anilines is 1. The van der Waals surface area contributed by atoms with Crippen LogP contribution in [0.2, 0.25) is 5.15 Å². The van der Waals surface area contributed by atoms with Crippen LogP contribution in [0.25, 0.3) is 11.4 Å². The minimum absolute atomic E-state index is 0.00753. The molecule has 0 radical (unpaired) electrons. The van der Waals surface area contributed by atoms with Crippen LogP contribution in [0.1, 0.15) is 24.6 Å². The van der Waals surface area contributed by atoms with Crippen molar-refractivity contribution < 1.29 is 9.26 Å². The molecule has 0 aliphatic carbocycles. The second kappa shape index (κ2) is 6.68. The van der Waals surface area contributed by atoms with E-state index < -0.39 is 0 Å². The highest BCUT2D eigenvalue weighted by molar-refractivity contribution is 6.29. The molecule has 1 unspecified atom stereocenters. The molecule has 0 bridgehead atoms. The quantitative estimate of drug-likeness (QED) is 0.661. The third-order valence-electron chi connectivity index (χ3n) is 4.16. The van der Waals surface area contributed by atoms with Gasteiger partial charge in [-0.2, -0.15) is 4.98 Å². The second-order valence-electron chi connectivity index (χ2n) is 5.71. The molecule has 25 heavy (non-hydrogen) atoms. The molecule has 1 saturated heterocycles. The molecular weight excluding hydrogens is 342 g/mol. The summed E-state index contributed by atoms with van der Waals surface area (Å²) in [6.07, 6.45) is 3.66. The molecule has 3 aromatic rings. The van der Waals surface area contributed by atoms with Gasteiger partial charge < -0.3 is 14.2 Å². The summed E-state index contributed by atoms with van der Waals surface area (Å²) in [6, 6.07) is 9.21. The van der Waals surface area contributed by atoms with E-state index in [9.17, 15) is 0 Å². The number of rotatable bonds is 4. The van der Waals surface area contributed by atoms with E-state index in [2.05, 4.69) is 25.0 Å². The molecule has 0 N–H and O–H groups in total. The zero-order valence-electron chi connectivity index (χ0n) is 13.6. The molecule has 0 amide bonds. The first-order valence-corrected chi connectivity index (χ1v) is 8.35. The fraction of sp³-hybridized carbons (Fsp3) is 0.294. The molecule has 4 heterocycles. The van der Waals surface area contributed by atoms with Crippen LogP contribution in [-0.2, 0) is 0 Å². The summed E-state index contributed by atoms with van der Waals surface area (Å²) in [7, 11) is 1.56. The number of aromatic nitrogens is 4. The SMILES string of the molecule is COc1cc(Cl)nc(N2CCCC2c2cc(-c3ccccn3)no2)n1. The third kappa shape index (κ3) is 3.15. The Morgan fingerprint density at radius 1 is 1.24 bits per heavy atom. The van der Waals surface area contributed by atoms with Crippen LogP contribution in [0.5, 0.6) is 5.88 Å². The Kier molecular flexibility index (Phi) is 4.23. The van der Waals surface area contributed by atoms with Gasteiger partial charge in [-0.25, -0.2) is 4.98 Å². The summed E-state index contributed by atoms with van der Waals surface area (Å²) in [5.74, 6) is 1.73. The molecule has 1 aliphatic heterocycles. The van der Waals surface area contributed by atoms with Crippen molar-refractivity contribution in [3.63, 3.8) is 0 Å². The van der Waals surface area contributed by atoms with Crippen LogP contribution in [0.15, 0.2) is 41.1 Å². The summed E-state index contributed by atoms with van der Waals surface area (Å²) in [6.45, 7) is 0.813. The minimum Gasteiger partial charge on any atom is -0.481 e. The lowest BCUT2D eigenvalue weighted by Gasteiger charge is -2.22. The van der Waals surface area contributed by atoms with Crippen molar-refractivity contribution in [3.05, 3.63) is 47.4 Å². The summed E-state index contributed by atoms with van der Waals surface area (Å²) in [5, 5.41) is 4.50. The summed E-state index contributed by atoms with van der Waals surface area (Å²) in [4.78, 5) is 15.1. The number of halogens is 1. The van der Waals surface area contributed by atoms with Gasteiger partial charge in [-0.1, -0.05) is 22.8 Å². The van der Waals surface area contributed by atoms with E-state index in [1.807, 2.05) is 24.3 Å². The third-order valence-corrected chi connectivity index (χ3v) is 4.36. The lowest BCUT2D eigenvalue weighted by Crippen LogP contribution is -2.24. The molecule has 0 aromatic carbocycles. The van der Waals surface area contributed by atoms with E-state index in [0.717, 1.165) is 30.8 Å². The van der Waals surface area contributed by atoms with Gasteiger partial charge in [0.05, 0.1) is 18.8 Å². The maximum absolute atomic E-state index is 6.08. The zero-order chi connectivity index (χ0) is 17.2. The Hall–Kier alpha value is -2.67. The molecule has 1 fully saturated rings. The number of ether oxygens (including phenoxy) is 1. The van der Waals surface area contributed by atoms with Crippen molar-refractivity contribution in [1.29, 1.82) is 0 Å². The number of methoxy groups -OCH3 is 1. The second-order valence-corrected chi connectivity index (χ2v) is 6.10. The highest BCUT2D eigenvalue weighted by atomic mass is 35.5. The van der Waals surface area contributed by atoms with Crippen molar-refractivity contribution in [2.24, 2.45) is 0 Å². The molecule has 1 aliphatic rings. The molecule has 0 saturated carbocycles. The average Bonchev–Trinajstić information content (AvgIpc) is 3.31. The number of hydrogen-bond donors (Lipinski definition) is 0. The molecule has 7 nitrogen and oxygen atoms in total. The fourth-order valence-electron chi connectivity index (χ4n) is 3.00. The lowest BCUT2D eigenvalue weighted by atomic mass is 10.1. The van der Waals surface area contributed by atoms with Crippen molar-refractivity contribution >= 4 is 17.5 Å². The van der Waals surface area contributed by atoms with Crippen LogP contribution in [-0.4, -0.2) is 33.8 Å². The van der Waals surface area contributed by atoms with Gasteiger partial charge in [0.25, 0.3) is 0 Å². The molecular formula is C17H16ClN5O2. The predicted molar refractivity (Wildman–Crippen MR) is 92.6 cm³/mol. The first kappa shape index (κ1) is 15.8. The van der Waals surface area contributed by atoms with Gasteiger partial charge in [0.2, 0.25) is 11.8 Å². The lowest BCUT2D eigenvalue weighted by molar-refractivity contribution is 0.361. The first-order valence-electron chi connectivity index (χ1n) is 7.98. The van der Waals surface area contributed by atoms with Crippen LogP contribution >= 0.6 is 11.6 Å². The molecule has 0 spiro atoms.